The van der Waals surface area contributed by atoms with Gasteiger partial charge in [-0.05, 0) is 24.6 Å². The van der Waals surface area contributed by atoms with E-state index in [-0.39, 0.29) is 5.75 Å². The monoisotopic (exact) mass is 326 g/mol. The van der Waals surface area contributed by atoms with Crippen LogP contribution in [0.5, 0.6) is 5.75 Å². The molecule has 0 bridgehead atoms. The number of carboxylic acid groups (broad SMARTS) is 1. The molecule has 1 aromatic carbocycles. The number of benzene rings is 1. The Morgan fingerprint density at radius 1 is 1.52 bits per heavy atom. The van der Waals surface area contributed by atoms with Gasteiger partial charge in [0.05, 0.1) is 18.6 Å². The van der Waals surface area contributed by atoms with E-state index in [2.05, 4.69) is 4.98 Å². The third-order valence-electron chi connectivity index (χ3n) is 2.87. The minimum absolute atomic E-state index is 0.0525. The molecule has 0 amide bonds. The highest BCUT2D eigenvalue weighted by molar-refractivity contribution is 7.99. The van der Waals surface area contributed by atoms with Crippen LogP contribution in [0.25, 0.3) is 5.69 Å². The maximum absolute atomic E-state index is 10.8. The largest absolute Gasteiger partial charge is 0.495 e. The van der Waals surface area contributed by atoms with E-state index in [1.54, 1.807) is 31.5 Å². The van der Waals surface area contributed by atoms with Crippen molar-refractivity contribution in [1.29, 1.82) is 0 Å². The molecular weight excluding hydrogens is 312 g/mol. The number of nitrogens with zero attached hydrogens (tertiary/aromatic N) is 2. The predicted octanol–water partition coefficient (Wildman–Crippen LogP) is 3.27. The number of methoxy groups -OCH3 is 1. The van der Waals surface area contributed by atoms with Crippen LogP contribution in [0.15, 0.2) is 29.6 Å². The number of thioether (sulfide) groups is 1. The summed E-state index contributed by atoms with van der Waals surface area (Å²) < 4.78 is 7.26. The molecule has 0 unspecified atom stereocenters. The topological polar surface area (TPSA) is 64.3 Å². The number of carboxylic acids is 1. The number of aliphatic carboxylic acids is 1. The maximum Gasteiger partial charge on any atom is 0.313 e. The van der Waals surface area contributed by atoms with E-state index in [0.29, 0.717) is 15.9 Å². The first-order chi connectivity index (χ1) is 10.1. The molecule has 0 fully saturated rings. The molecule has 112 valence electrons. The lowest BCUT2D eigenvalue weighted by Gasteiger charge is -2.14. The average molecular weight is 327 g/mol. The molecule has 0 aliphatic carbocycles. The Morgan fingerprint density at radius 2 is 2.29 bits per heavy atom. The van der Waals surface area contributed by atoms with Gasteiger partial charge in [0.1, 0.15) is 5.75 Å². The Bertz CT molecular complexity index is 658. The first-order valence-electron chi connectivity index (χ1n) is 6.32. The van der Waals surface area contributed by atoms with E-state index in [0.717, 1.165) is 29.6 Å². The molecule has 2 rings (SSSR count). The number of halogens is 1. The van der Waals surface area contributed by atoms with Gasteiger partial charge in [-0.3, -0.25) is 9.36 Å². The normalized spacial score (nSPS) is 10.6. The van der Waals surface area contributed by atoms with Gasteiger partial charge in [-0.1, -0.05) is 30.3 Å². The van der Waals surface area contributed by atoms with Gasteiger partial charge in [-0.25, -0.2) is 4.98 Å². The molecule has 7 heteroatoms. The van der Waals surface area contributed by atoms with Gasteiger partial charge < -0.3 is 9.84 Å². The van der Waals surface area contributed by atoms with Crippen LogP contribution in [-0.4, -0.2) is 33.5 Å². The predicted molar refractivity (Wildman–Crippen MR) is 82.9 cm³/mol. The zero-order valence-electron chi connectivity index (χ0n) is 11.7. The summed E-state index contributed by atoms with van der Waals surface area (Å²) in [6, 6.07) is 5.31. The molecular formula is C14H15ClN2O3S. The smallest absolute Gasteiger partial charge is 0.313 e. The average Bonchev–Trinajstić information content (AvgIpc) is 2.87. The molecule has 0 spiro atoms. The van der Waals surface area contributed by atoms with Gasteiger partial charge in [0.15, 0.2) is 5.16 Å². The highest BCUT2D eigenvalue weighted by Crippen LogP contribution is 2.31. The third-order valence-corrected chi connectivity index (χ3v) is 4.04. The molecule has 0 radical (unpaired) electrons. The van der Waals surface area contributed by atoms with E-state index in [1.807, 2.05) is 11.5 Å². The second kappa shape index (κ2) is 6.87. The number of hydrogen-bond donors (Lipinski definition) is 1. The van der Waals surface area contributed by atoms with Gasteiger partial charge in [0, 0.05) is 16.9 Å². The summed E-state index contributed by atoms with van der Waals surface area (Å²) in [5, 5.41) is 10.0. The lowest BCUT2D eigenvalue weighted by atomic mass is 10.2. The summed E-state index contributed by atoms with van der Waals surface area (Å²) in [5.41, 5.74) is 1.72. The Balaban J connectivity index is 2.53. The summed E-state index contributed by atoms with van der Waals surface area (Å²) in [4.78, 5) is 15.1. The Morgan fingerprint density at radius 3 is 2.90 bits per heavy atom. The lowest BCUT2D eigenvalue weighted by Crippen LogP contribution is -2.05. The van der Waals surface area contributed by atoms with Crippen LogP contribution in [0.1, 0.15) is 12.6 Å². The van der Waals surface area contributed by atoms with Crippen molar-refractivity contribution in [3.8, 4) is 11.4 Å². The number of ether oxygens (including phenoxy) is 1. The Kier molecular flexibility index (Phi) is 5.14. The lowest BCUT2D eigenvalue weighted by molar-refractivity contribution is -0.133. The van der Waals surface area contributed by atoms with Crippen LogP contribution in [0.4, 0.5) is 0 Å². The number of carbonyl (C=O) groups is 1. The number of aromatic nitrogens is 2. The molecule has 0 atom stereocenters. The quantitative estimate of drug-likeness (QED) is 0.825. The van der Waals surface area contributed by atoms with Crippen molar-refractivity contribution in [2.24, 2.45) is 0 Å². The molecule has 0 saturated heterocycles. The fourth-order valence-electron chi connectivity index (χ4n) is 1.94. The second-order valence-electron chi connectivity index (χ2n) is 4.22. The fourth-order valence-corrected chi connectivity index (χ4v) is 2.83. The molecule has 0 aliphatic heterocycles. The minimum atomic E-state index is -0.884. The number of imidazole rings is 1. The summed E-state index contributed by atoms with van der Waals surface area (Å²) in [7, 11) is 1.58. The van der Waals surface area contributed by atoms with Gasteiger partial charge in [-0.2, -0.15) is 0 Å². The van der Waals surface area contributed by atoms with Crippen LogP contribution in [0.3, 0.4) is 0 Å². The Labute approximate surface area is 131 Å². The van der Waals surface area contributed by atoms with E-state index in [4.69, 9.17) is 21.4 Å². The van der Waals surface area contributed by atoms with E-state index < -0.39 is 5.97 Å². The molecule has 1 heterocycles. The summed E-state index contributed by atoms with van der Waals surface area (Å²) in [6.07, 6.45) is 2.50. The molecule has 0 aliphatic rings. The summed E-state index contributed by atoms with van der Waals surface area (Å²) in [6.45, 7) is 2.01. The highest BCUT2D eigenvalue weighted by atomic mass is 35.5. The molecule has 21 heavy (non-hydrogen) atoms. The van der Waals surface area contributed by atoms with Crippen LogP contribution < -0.4 is 4.74 Å². The molecule has 1 aromatic heterocycles. The van der Waals surface area contributed by atoms with Crippen molar-refractivity contribution in [2.45, 2.75) is 18.5 Å². The first kappa shape index (κ1) is 15.7. The van der Waals surface area contributed by atoms with Crippen molar-refractivity contribution in [3.05, 3.63) is 35.1 Å². The highest BCUT2D eigenvalue weighted by Gasteiger charge is 2.16. The molecule has 2 aromatic rings. The number of aryl methyl sites for hydroxylation is 1. The van der Waals surface area contributed by atoms with Crippen LogP contribution in [0, 0.1) is 0 Å². The maximum atomic E-state index is 10.8. The van der Waals surface area contributed by atoms with Gasteiger partial charge in [-0.15, -0.1) is 0 Å². The third kappa shape index (κ3) is 3.51. The van der Waals surface area contributed by atoms with Crippen LogP contribution in [0.2, 0.25) is 5.02 Å². The van der Waals surface area contributed by atoms with Crippen LogP contribution >= 0.6 is 23.4 Å². The van der Waals surface area contributed by atoms with Gasteiger partial charge in [0.2, 0.25) is 0 Å². The standard InChI is InChI=1S/C14H15ClN2O3S/c1-3-10-7-16-14(21-8-13(18)19)17(10)11-6-9(15)4-5-12(11)20-2/h4-7H,3,8H2,1-2H3,(H,18,19). The first-order valence-corrected chi connectivity index (χ1v) is 7.68. The fraction of sp³-hybridized carbons (Fsp3) is 0.286. The zero-order valence-corrected chi connectivity index (χ0v) is 13.2. The molecule has 5 nitrogen and oxygen atoms in total. The van der Waals surface area contributed by atoms with Crippen molar-refractivity contribution in [3.63, 3.8) is 0 Å². The van der Waals surface area contributed by atoms with Gasteiger partial charge >= 0.3 is 5.97 Å². The van der Waals surface area contributed by atoms with Crippen molar-refractivity contribution in [2.75, 3.05) is 12.9 Å². The van der Waals surface area contributed by atoms with Crippen molar-refractivity contribution < 1.29 is 14.6 Å². The number of rotatable bonds is 6. The summed E-state index contributed by atoms with van der Waals surface area (Å²) in [5.74, 6) is -0.279. The number of hydrogen-bond acceptors (Lipinski definition) is 4. The van der Waals surface area contributed by atoms with Crippen molar-refractivity contribution in [1.82, 2.24) is 9.55 Å². The molecule has 0 saturated carbocycles. The minimum Gasteiger partial charge on any atom is -0.495 e. The summed E-state index contributed by atoms with van der Waals surface area (Å²) >= 11 is 7.24. The Hall–Kier alpha value is -1.66. The van der Waals surface area contributed by atoms with Crippen LogP contribution in [-0.2, 0) is 11.2 Å². The molecule has 1 N–H and O–H groups in total. The van der Waals surface area contributed by atoms with E-state index in [9.17, 15) is 4.79 Å². The zero-order chi connectivity index (χ0) is 15.4. The SMILES string of the molecule is CCc1cnc(SCC(=O)O)n1-c1cc(Cl)ccc1OC. The van der Waals surface area contributed by atoms with Gasteiger partial charge in [0.25, 0.3) is 0 Å². The van der Waals surface area contributed by atoms with Crippen molar-refractivity contribution >= 4 is 29.3 Å². The van der Waals surface area contributed by atoms with E-state index >= 15 is 0 Å². The van der Waals surface area contributed by atoms with E-state index in [1.165, 1.54) is 0 Å². The second-order valence-corrected chi connectivity index (χ2v) is 5.60.